The Morgan fingerprint density at radius 2 is 2.25 bits per heavy atom. The molecule has 1 aliphatic rings. The molecule has 3 N–H and O–H groups in total. The van der Waals surface area contributed by atoms with Crippen LogP contribution in [0.15, 0.2) is 12.1 Å². The van der Waals surface area contributed by atoms with Crippen LogP contribution < -0.4 is 19.9 Å². The molecule has 2 rings (SSSR count). The normalized spacial score (nSPS) is 17.6. The first-order valence-electron chi connectivity index (χ1n) is 6.46. The van der Waals surface area contributed by atoms with Gasteiger partial charge in [-0.05, 0) is 19.1 Å². The van der Waals surface area contributed by atoms with Gasteiger partial charge in [0, 0.05) is 30.6 Å². The van der Waals surface area contributed by atoms with E-state index in [-0.39, 0.29) is 11.9 Å². The minimum Gasteiger partial charge on any atom is -0.496 e. The maximum absolute atomic E-state index is 10.8. The third-order valence-corrected chi connectivity index (χ3v) is 3.95. The second-order valence-electron chi connectivity index (χ2n) is 4.95. The lowest BCUT2D eigenvalue weighted by Crippen LogP contribution is -2.26. The highest BCUT2D eigenvalue weighted by atomic mass is 32.2. The van der Waals surface area contributed by atoms with Gasteiger partial charge < -0.3 is 14.8 Å². The Hall–Kier alpha value is -1.31. The maximum Gasteiger partial charge on any atom is 0.210 e. The van der Waals surface area contributed by atoms with Gasteiger partial charge in [0.1, 0.15) is 17.6 Å². The Morgan fingerprint density at radius 1 is 1.50 bits per heavy atom. The van der Waals surface area contributed by atoms with Crippen molar-refractivity contribution in [2.75, 3.05) is 19.4 Å². The van der Waals surface area contributed by atoms with Gasteiger partial charge in [0.2, 0.25) is 10.0 Å². The zero-order valence-electron chi connectivity index (χ0n) is 11.7. The van der Waals surface area contributed by atoms with E-state index >= 15 is 0 Å². The first-order chi connectivity index (χ1) is 9.39. The lowest BCUT2D eigenvalue weighted by molar-refractivity contribution is 0.254. The monoisotopic (exact) mass is 300 g/mol. The van der Waals surface area contributed by atoms with E-state index in [9.17, 15) is 8.42 Å². The topological polar surface area (TPSA) is 90.6 Å². The highest BCUT2D eigenvalue weighted by molar-refractivity contribution is 7.89. The fourth-order valence-corrected chi connectivity index (χ4v) is 2.68. The zero-order chi connectivity index (χ0) is 14.8. The molecule has 1 aliphatic heterocycles. The molecule has 0 spiro atoms. The van der Waals surface area contributed by atoms with Crippen molar-refractivity contribution < 1.29 is 17.9 Å². The molecular weight excluding hydrogens is 280 g/mol. The van der Waals surface area contributed by atoms with Gasteiger partial charge in [0.15, 0.2) is 0 Å². The number of hydrogen-bond acceptors (Lipinski definition) is 5. The number of ether oxygens (including phenoxy) is 2. The Balaban J connectivity index is 2.02. The fourth-order valence-electron chi connectivity index (χ4n) is 2.25. The van der Waals surface area contributed by atoms with Gasteiger partial charge in [-0.1, -0.05) is 0 Å². The standard InChI is InChI=1S/C13H20N2O4S/c1-9-5-10-6-12(18-2)11(7-13(10)19-9)8-15-3-4-20(14,16)17/h6-7,9,15H,3-5,8H2,1-2H3,(H2,14,16,17). The van der Waals surface area contributed by atoms with Gasteiger partial charge in [0.25, 0.3) is 0 Å². The highest BCUT2D eigenvalue weighted by Crippen LogP contribution is 2.34. The van der Waals surface area contributed by atoms with Crippen LogP contribution in [0, 0.1) is 0 Å². The molecule has 0 aromatic heterocycles. The summed E-state index contributed by atoms with van der Waals surface area (Å²) in [5.74, 6) is 1.57. The third kappa shape index (κ3) is 3.84. The van der Waals surface area contributed by atoms with Crippen molar-refractivity contribution in [2.45, 2.75) is 26.0 Å². The van der Waals surface area contributed by atoms with Gasteiger partial charge in [-0.2, -0.15) is 0 Å². The molecule has 20 heavy (non-hydrogen) atoms. The first kappa shape index (κ1) is 15.1. The molecule has 0 saturated heterocycles. The van der Waals surface area contributed by atoms with Crippen LogP contribution in [0.25, 0.3) is 0 Å². The van der Waals surface area contributed by atoms with Crippen LogP contribution >= 0.6 is 0 Å². The lowest BCUT2D eigenvalue weighted by atomic mass is 10.1. The molecule has 1 aromatic carbocycles. The van der Waals surface area contributed by atoms with Crippen LogP contribution in [0.5, 0.6) is 11.5 Å². The Morgan fingerprint density at radius 3 is 2.90 bits per heavy atom. The second-order valence-corrected chi connectivity index (χ2v) is 6.68. The van der Waals surface area contributed by atoms with Gasteiger partial charge in [0.05, 0.1) is 12.9 Å². The van der Waals surface area contributed by atoms with E-state index in [1.807, 2.05) is 19.1 Å². The average Bonchev–Trinajstić information content (AvgIpc) is 2.71. The summed E-state index contributed by atoms with van der Waals surface area (Å²) in [6.45, 7) is 2.83. The van der Waals surface area contributed by atoms with Gasteiger partial charge in [-0.25, -0.2) is 13.6 Å². The Labute approximate surface area is 119 Å². The second kappa shape index (κ2) is 5.99. The molecule has 7 heteroatoms. The first-order valence-corrected chi connectivity index (χ1v) is 8.18. The zero-order valence-corrected chi connectivity index (χ0v) is 12.5. The molecule has 6 nitrogen and oxygen atoms in total. The van der Waals surface area contributed by atoms with E-state index in [0.717, 1.165) is 29.0 Å². The summed E-state index contributed by atoms with van der Waals surface area (Å²) in [5.41, 5.74) is 2.08. The van der Waals surface area contributed by atoms with Crippen molar-refractivity contribution in [3.63, 3.8) is 0 Å². The van der Waals surface area contributed by atoms with Crippen molar-refractivity contribution in [1.29, 1.82) is 0 Å². The molecule has 112 valence electrons. The summed E-state index contributed by atoms with van der Waals surface area (Å²) >= 11 is 0. The number of nitrogens with one attached hydrogen (secondary N) is 1. The summed E-state index contributed by atoms with van der Waals surface area (Å²) in [6, 6.07) is 3.93. The summed E-state index contributed by atoms with van der Waals surface area (Å²) in [7, 11) is -1.81. The van der Waals surface area contributed by atoms with Crippen LogP contribution in [0.1, 0.15) is 18.1 Å². The molecule has 1 atom stereocenters. The minimum atomic E-state index is -3.43. The third-order valence-electron chi connectivity index (χ3n) is 3.18. The van der Waals surface area contributed by atoms with E-state index in [0.29, 0.717) is 13.1 Å². The van der Waals surface area contributed by atoms with E-state index in [1.165, 1.54) is 0 Å². The average molecular weight is 300 g/mol. The number of rotatable bonds is 6. The number of methoxy groups -OCH3 is 1. The molecule has 0 fully saturated rings. The Kier molecular flexibility index (Phi) is 4.52. The molecule has 0 amide bonds. The van der Waals surface area contributed by atoms with Crippen LogP contribution in [-0.4, -0.2) is 33.9 Å². The SMILES string of the molecule is COc1cc2c(cc1CNCCS(N)(=O)=O)OC(C)C2. The van der Waals surface area contributed by atoms with Gasteiger partial charge in [-0.15, -0.1) is 0 Å². The predicted octanol–water partition coefficient (Wildman–Crippen LogP) is 0.397. The molecule has 0 bridgehead atoms. The number of nitrogens with two attached hydrogens (primary N) is 1. The number of primary sulfonamides is 1. The minimum absolute atomic E-state index is 0.0895. The smallest absolute Gasteiger partial charge is 0.210 e. The summed E-state index contributed by atoms with van der Waals surface area (Å²) in [4.78, 5) is 0. The fraction of sp³-hybridized carbons (Fsp3) is 0.538. The van der Waals surface area contributed by atoms with Crippen molar-refractivity contribution in [1.82, 2.24) is 5.32 Å². The van der Waals surface area contributed by atoms with E-state index in [1.54, 1.807) is 7.11 Å². The highest BCUT2D eigenvalue weighted by Gasteiger charge is 2.21. The number of hydrogen-bond donors (Lipinski definition) is 2. The quantitative estimate of drug-likeness (QED) is 0.742. The van der Waals surface area contributed by atoms with Crippen LogP contribution in [0.2, 0.25) is 0 Å². The molecule has 1 aromatic rings. The molecule has 0 radical (unpaired) electrons. The molecule has 0 saturated carbocycles. The molecule has 1 unspecified atom stereocenters. The van der Waals surface area contributed by atoms with Crippen LogP contribution in [0.3, 0.4) is 0 Å². The molecule has 1 heterocycles. The van der Waals surface area contributed by atoms with Crippen molar-refractivity contribution in [3.8, 4) is 11.5 Å². The van der Waals surface area contributed by atoms with Gasteiger partial charge >= 0.3 is 0 Å². The van der Waals surface area contributed by atoms with Crippen molar-refractivity contribution in [2.24, 2.45) is 5.14 Å². The summed E-state index contributed by atoms with van der Waals surface area (Å²) < 4.78 is 32.8. The van der Waals surface area contributed by atoms with E-state index in [2.05, 4.69) is 5.32 Å². The van der Waals surface area contributed by atoms with Gasteiger partial charge in [-0.3, -0.25) is 0 Å². The van der Waals surface area contributed by atoms with E-state index < -0.39 is 10.0 Å². The van der Waals surface area contributed by atoms with E-state index in [4.69, 9.17) is 14.6 Å². The number of benzene rings is 1. The number of sulfonamides is 1. The summed E-state index contributed by atoms with van der Waals surface area (Å²) in [6.07, 6.45) is 1.06. The predicted molar refractivity (Wildman–Crippen MR) is 76.5 cm³/mol. The molecular formula is C13H20N2O4S. The molecule has 0 aliphatic carbocycles. The van der Waals surface area contributed by atoms with Crippen molar-refractivity contribution in [3.05, 3.63) is 23.3 Å². The van der Waals surface area contributed by atoms with Crippen molar-refractivity contribution >= 4 is 10.0 Å². The summed E-state index contributed by atoms with van der Waals surface area (Å²) in [5, 5.41) is 7.99. The van der Waals surface area contributed by atoms with Crippen LogP contribution in [0.4, 0.5) is 0 Å². The Bertz CT molecular complexity index is 586. The van der Waals surface area contributed by atoms with Crippen LogP contribution in [-0.2, 0) is 23.0 Å². The maximum atomic E-state index is 10.8. The lowest BCUT2D eigenvalue weighted by Gasteiger charge is -2.11. The number of fused-ring (bicyclic) bond motifs is 1. The largest absolute Gasteiger partial charge is 0.496 e.